The summed E-state index contributed by atoms with van der Waals surface area (Å²) >= 11 is 5.87. The average Bonchev–Trinajstić information content (AvgIpc) is 2.70. The van der Waals surface area contributed by atoms with Crippen LogP contribution in [0, 0.1) is 12.7 Å². The molecule has 2 aromatic carbocycles. The second kappa shape index (κ2) is 8.25. The summed E-state index contributed by atoms with van der Waals surface area (Å²) in [5.74, 6) is -0.264. The topological polar surface area (TPSA) is 57.3 Å². The van der Waals surface area contributed by atoms with Crippen molar-refractivity contribution < 1.29 is 9.18 Å². The van der Waals surface area contributed by atoms with Crippen molar-refractivity contribution in [2.45, 2.75) is 25.8 Å². The van der Waals surface area contributed by atoms with Gasteiger partial charge in [-0.15, -0.1) is 0 Å². The number of aromatic nitrogens is 1. The SMILES string of the molecule is Cc1cc(N2CCC(NC(=O)Nc3ccc(Cl)cc3)CC2)c2cc(F)ccc2n1. The fraction of sp³-hybridized carbons (Fsp3) is 0.273. The normalized spacial score (nSPS) is 14.8. The molecule has 0 radical (unpaired) electrons. The van der Waals surface area contributed by atoms with E-state index in [0.717, 1.165) is 48.2 Å². The minimum Gasteiger partial charge on any atom is -0.371 e. The number of halogens is 2. The zero-order valence-corrected chi connectivity index (χ0v) is 16.8. The van der Waals surface area contributed by atoms with Crippen LogP contribution in [0.3, 0.4) is 0 Å². The zero-order valence-electron chi connectivity index (χ0n) is 16.1. The highest BCUT2D eigenvalue weighted by Crippen LogP contribution is 2.29. The third-order valence-corrected chi connectivity index (χ3v) is 5.40. The van der Waals surface area contributed by atoms with Gasteiger partial charge in [0.05, 0.1) is 5.52 Å². The van der Waals surface area contributed by atoms with Gasteiger partial charge in [0.25, 0.3) is 0 Å². The van der Waals surface area contributed by atoms with Gasteiger partial charge in [-0.3, -0.25) is 4.98 Å². The second-order valence-electron chi connectivity index (χ2n) is 7.31. The minimum atomic E-state index is -0.264. The summed E-state index contributed by atoms with van der Waals surface area (Å²) in [6, 6.07) is 13.6. The van der Waals surface area contributed by atoms with Crippen molar-refractivity contribution in [1.82, 2.24) is 10.3 Å². The van der Waals surface area contributed by atoms with E-state index in [1.165, 1.54) is 6.07 Å². The monoisotopic (exact) mass is 412 g/mol. The summed E-state index contributed by atoms with van der Waals surface area (Å²) in [4.78, 5) is 19.0. The molecule has 4 rings (SSSR count). The Bertz CT molecular complexity index is 1030. The Hall–Kier alpha value is -2.86. The molecule has 0 bridgehead atoms. The summed E-state index contributed by atoms with van der Waals surface area (Å²) in [5.41, 5.74) is 3.40. The predicted molar refractivity (Wildman–Crippen MR) is 115 cm³/mol. The molecular formula is C22H22ClFN4O. The fourth-order valence-electron chi connectivity index (χ4n) is 3.72. The highest BCUT2D eigenvalue weighted by molar-refractivity contribution is 6.30. The van der Waals surface area contributed by atoms with Crippen molar-refractivity contribution >= 4 is 39.9 Å². The quantitative estimate of drug-likeness (QED) is 0.627. The van der Waals surface area contributed by atoms with Gasteiger partial charge in [-0.1, -0.05) is 11.6 Å². The number of aryl methyl sites for hydroxylation is 1. The summed E-state index contributed by atoms with van der Waals surface area (Å²) < 4.78 is 13.8. The Morgan fingerprint density at radius 3 is 2.59 bits per heavy atom. The van der Waals surface area contributed by atoms with Crippen LogP contribution in [0.2, 0.25) is 5.02 Å². The number of carbonyl (C=O) groups excluding carboxylic acids is 1. The summed E-state index contributed by atoms with van der Waals surface area (Å²) in [7, 11) is 0. The molecule has 29 heavy (non-hydrogen) atoms. The Morgan fingerprint density at radius 2 is 1.86 bits per heavy atom. The maximum atomic E-state index is 13.8. The van der Waals surface area contributed by atoms with Gasteiger partial charge in [0.15, 0.2) is 0 Å². The summed E-state index contributed by atoms with van der Waals surface area (Å²) in [6.45, 7) is 3.50. The molecule has 1 aliphatic heterocycles. The molecule has 150 valence electrons. The van der Waals surface area contributed by atoms with Gasteiger partial charge < -0.3 is 15.5 Å². The first-order valence-electron chi connectivity index (χ1n) is 9.63. The standard InChI is InChI=1S/C22H22ClFN4O/c1-14-12-21(19-13-16(24)4-7-20(19)25-14)28-10-8-18(9-11-28)27-22(29)26-17-5-2-15(23)3-6-17/h2-7,12-13,18H,8-11H2,1H3,(H2,26,27,29). The Kier molecular flexibility index (Phi) is 5.53. The number of nitrogens with one attached hydrogen (secondary N) is 2. The number of rotatable bonds is 3. The van der Waals surface area contributed by atoms with Crippen LogP contribution < -0.4 is 15.5 Å². The first-order chi connectivity index (χ1) is 14.0. The van der Waals surface area contributed by atoms with Gasteiger partial charge in [0.1, 0.15) is 5.82 Å². The van der Waals surface area contributed by atoms with Gasteiger partial charge in [0, 0.05) is 46.6 Å². The molecular weight excluding hydrogens is 391 g/mol. The number of fused-ring (bicyclic) bond motifs is 1. The van der Waals surface area contributed by atoms with Crippen LogP contribution in [0.15, 0.2) is 48.5 Å². The van der Waals surface area contributed by atoms with Crippen molar-refractivity contribution in [2.24, 2.45) is 0 Å². The van der Waals surface area contributed by atoms with E-state index in [-0.39, 0.29) is 17.9 Å². The van der Waals surface area contributed by atoms with Crippen molar-refractivity contribution in [3.05, 3.63) is 65.1 Å². The summed E-state index contributed by atoms with van der Waals surface area (Å²) in [5, 5.41) is 7.30. The highest BCUT2D eigenvalue weighted by Gasteiger charge is 2.22. The van der Waals surface area contributed by atoms with E-state index in [1.54, 1.807) is 36.4 Å². The van der Waals surface area contributed by atoms with Crippen molar-refractivity contribution in [2.75, 3.05) is 23.3 Å². The molecule has 0 atom stereocenters. The third-order valence-electron chi connectivity index (χ3n) is 5.15. The molecule has 2 N–H and O–H groups in total. The molecule has 1 fully saturated rings. The van der Waals surface area contributed by atoms with Gasteiger partial charge in [-0.2, -0.15) is 0 Å². The number of benzene rings is 2. The van der Waals surface area contributed by atoms with Crippen molar-refractivity contribution in [1.29, 1.82) is 0 Å². The van der Waals surface area contributed by atoms with E-state index in [0.29, 0.717) is 10.7 Å². The maximum absolute atomic E-state index is 13.8. The highest BCUT2D eigenvalue weighted by atomic mass is 35.5. The molecule has 0 saturated carbocycles. The number of carbonyl (C=O) groups is 1. The number of pyridine rings is 1. The smallest absolute Gasteiger partial charge is 0.319 e. The maximum Gasteiger partial charge on any atom is 0.319 e. The molecule has 2 heterocycles. The van der Waals surface area contributed by atoms with Crippen LogP contribution in [0.4, 0.5) is 20.6 Å². The number of anilines is 2. The minimum absolute atomic E-state index is 0.0875. The van der Waals surface area contributed by atoms with Crippen LogP contribution in [-0.2, 0) is 0 Å². The zero-order chi connectivity index (χ0) is 20.4. The van der Waals surface area contributed by atoms with Crippen molar-refractivity contribution in [3.63, 3.8) is 0 Å². The molecule has 7 heteroatoms. The second-order valence-corrected chi connectivity index (χ2v) is 7.75. The van der Waals surface area contributed by atoms with Crippen LogP contribution in [-0.4, -0.2) is 30.1 Å². The van der Waals surface area contributed by atoms with E-state index >= 15 is 0 Å². The van der Waals surface area contributed by atoms with Gasteiger partial charge in [-0.05, 0) is 68.3 Å². The molecule has 1 saturated heterocycles. The van der Waals surface area contributed by atoms with E-state index in [4.69, 9.17) is 11.6 Å². The van der Waals surface area contributed by atoms with E-state index < -0.39 is 0 Å². The Morgan fingerprint density at radius 1 is 1.14 bits per heavy atom. The van der Waals surface area contributed by atoms with Crippen LogP contribution in [0.5, 0.6) is 0 Å². The van der Waals surface area contributed by atoms with Crippen LogP contribution in [0.25, 0.3) is 10.9 Å². The molecule has 3 aromatic rings. The average molecular weight is 413 g/mol. The van der Waals surface area contributed by atoms with Gasteiger partial charge in [0.2, 0.25) is 0 Å². The molecule has 1 aliphatic rings. The lowest BCUT2D eigenvalue weighted by Gasteiger charge is -2.34. The molecule has 2 amide bonds. The number of hydrogen-bond acceptors (Lipinski definition) is 3. The summed E-state index contributed by atoms with van der Waals surface area (Å²) in [6.07, 6.45) is 1.62. The number of hydrogen-bond donors (Lipinski definition) is 2. The molecule has 0 unspecified atom stereocenters. The van der Waals surface area contributed by atoms with E-state index in [1.807, 2.05) is 13.0 Å². The lowest BCUT2D eigenvalue weighted by molar-refractivity contribution is 0.246. The Balaban J connectivity index is 1.39. The number of amides is 2. The largest absolute Gasteiger partial charge is 0.371 e. The molecule has 1 aromatic heterocycles. The number of piperidine rings is 1. The first kappa shape index (κ1) is 19.5. The Labute approximate surface area is 173 Å². The molecule has 0 spiro atoms. The third kappa shape index (κ3) is 4.59. The molecule has 0 aliphatic carbocycles. The van der Waals surface area contributed by atoms with Gasteiger partial charge >= 0.3 is 6.03 Å². The molecule has 5 nitrogen and oxygen atoms in total. The van der Waals surface area contributed by atoms with Crippen molar-refractivity contribution in [3.8, 4) is 0 Å². The van der Waals surface area contributed by atoms with Gasteiger partial charge in [-0.25, -0.2) is 9.18 Å². The van der Waals surface area contributed by atoms with E-state index in [2.05, 4.69) is 20.5 Å². The predicted octanol–water partition coefficient (Wildman–Crippen LogP) is 5.13. The lowest BCUT2D eigenvalue weighted by atomic mass is 10.0. The van der Waals surface area contributed by atoms with Crippen LogP contribution >= 0.6 is 11.6 Å². The first-order valence-corrected chi connectivity index (χ1v) is 10.0. The lowest BCUT2D eigenvalue weighted by Crippen LogP contribution is -2.46. The van der Waals surface area contributed by atoms with E-state index in [9.17, 15) is 9.18 Å². The number of nitrogens with zero attached hydrogens (tertiary/aromatic N) is 2. The fourth-order valence-corrected chi connectivity index (χ4v) is 3.85. The number of urea groups is 1. The van der Waals surface area contributed by atoms with Crippen LogP contribution in [0.1, 0.15) is 18.5 Å².